The highest BCUT2D eigenvalue weighted by Gasteiger charge is 2.05. The number of benzene rings is 2. The molecular formula is C17H18N4OS. The summed E-state index contributed by atoms with van der Waals surface area (Å²) in [5.74, 6) is 0.849. The van der Waals surface area contributed by atoms with Gasteiger partial charge in [0.1, 0.15) is 5.82 Å². The molecule has 0 amide bonds. The molecule has 23 heavy (non-hydrogen) atoms. The number of H-pyrrole nitrogens is 1. The van der Waals surface area contributed by atoms with Crippen molar-refractivity contribution in [3.8, 4) is 11.4 Å². The van der Waals surface area contributed by atoms with Gasteiger partial charge in [-0.2, -0.15) is 0 Å². The summed E-state index contributed by atoms with van der Waals surface area (Å²) in [6.45, 7) is 0.807. The molecule has 118 valence electrons. The number of hydrogen-bond acceptors (Lipinski definition) is 3. The third-order valence-corrected chi connectivity index (χ3v) is 3.67. The predicted molar refractivity (Wildman–Crippen MR) is 97.5 cm³/mol. The van der Waals surface area contributed by atoms with Crippen molar-refractivity contribution < 1.29 is 5.11 Å². The summed E-state index contributed by atoms with van der Waals surface area (Å²) in [6, 6.07) is 15.9. The molecule has 0 fully saturated rings. The molecule has 0 spiro atoms. The Morgan fingerprint density at radius 3 is 2.65 bits per heavy atom. The van der Waals surface area contributed by atoms with Gasteiger partial charge >= 0.3 is 0 Å². The Kier molecular flexibility index (Phi) is 4.85. The maximum atomic E-state index is 8.75. The van der Waals surface area contributed by atoms with Gasteiger partial charge < -0.3 is 20.7 Å². The maximum absolute atomic E-state index is 8.75. The zero-order valence-corrected chi connectivity index (χ0v) is 13.4. The van der Waals surface area contributed by atoms with Crippen molar-refractivity contribution in [2.24, 2.45) is 0 Å². The fourth-order valence-electron chi connectivity index (χ4n) is 2.26. The van der Waals surface area contributed by atoms with E-state index in [1.54, 1.807) is 0 Å². The van der Waals surface area contributed by atoms with Crippen LogP contribution in [0.1, 0.15) is 6.42 Å². The number of hydrogen-bond donors (Lipinski definition) is 4. The molecule has 0 radical (unpaired) electrons. The van der Waals surface area contributed by atoms with Crippen LogP contribution in [0.4, 0.5) is 5.69 Å². The molecule has 0 bridgehead atoms. The van der Waals surface area contributed by atoms with Gasteiger partial charge in [-0.3, -0.25) is 0 Å². The Morgan fingerprint density at radius 2 is 1.91 bits per heavy atom. The number of nitrogens with one attached hydrogen (secondary N) is 3. The quantitative estimate of drug-likeness (QED) is 0.429. The Labute approximate surface area is 139 Å². The van der Waals surface area contributed by atoms with E-state index in [1.165, 1.54) is 0 Å². The normalized spacial score (nSPS) is 10.7. The van der Waals surface area contributed by atoms with Crippen LogP contribution in [0.2, 0.25) is 0 Å². The highest BCUT2D eigenvalue weighted by molar-refractivity contribution is 7.80. The number of aromatic amines is 1. The van der Waals surface area contributed by atoms with Crippen LogP contribution >= 0.6 is 12.2 Å². The van der Waals surface area contributed by atoms with Crippen molar-refractivity contribution in [2.45, 2.75) is 6.42 Å². The molecule has 5 nitrogen and oxygen atoms in total. The molecule has 0 saturated carbocycles. The number of aliphatic hydroxyl groups excluding tert-OH is 1. The maximum Gasteiger partial charge on any atom is 0.170 e. The average Bonchev–Trinajstić information content (AvgIpc) is 3.00. The zero-order chi connectivity index (χ0) is 16.1. The fourth-order valence-corrected chi connectivity index (χ4v) is 2.48. The van der Waals surface area contributed by atoms with Crippen molar-refractivity contribution in [3.05, 3.63) is 48.5 Å². The van der Waals surface area contributed by atoms with E-state index in [1.807, 2.05) is 48.5 Å². The van der Waals surface area contributed by atoms with Gasteiger partial charge in [0.05, 0.1) is 11.0 Å². The van der Waals surface area contributed by atoms with E-state index >= 15 is 0 Å². The van der Waals surface area contributed by atoms with Crippen molar-refractivity contribution in [3.63, 3.8) is 0 Å². The van der Waals surface area contributed by atoms with Crippen molar-refractivity contribution in [1.82, 2.24) is 15.3 Å². The van der Waals surface area contributed by atoms with Gasteiger partial charge in [0.25, 0.3) is 0 Å². The minimum atomic E-state index is 0.155. The lowest BCUT2D eigenvalue weighted by Crippen LogP contribution is -2.29. The average molecular weight is 326 g/mol. The van der Waals surface area contributed by atoms with Crippen LogP contribution in [0.5, 0.6) is 0 Å². The van der Waals surface area contributed by atoms with Crippen LogP contribution in [0.15, 0.2) is 48.5 Å². The first-order valence-corrected chi connectivity index (χ1v) is 7.88. The predicted octanol–water partition coefficient (Wildman–Crippen LogP) is 2.90. The summed E-state index contributed by atoms with van der Waals surface area (Å²) in [6.07, 6.45) is 0.673. The number of thiocarbonyl (C=S) groups is 1. The molecule has 0 aliphatic heterocycles. The second-order valence-corrected chi connectivity index (χ2v) is 5.55. The van der Waals surface area contributed by atoms with Gasteiger partial charge in [0, 0.05) is 24.4 Å². The van der Waals surface area contributed by atoms with E-state index in [9.17, 15) is 0 Å². The van der Waals surface area contributed by atoms with E-state index in [2.05, 4.69) is 20.6 Å². The smallest absolute Gasteiger partial charge is 0.170 e. The first-order chi connectivity index (χ1) is 11.3. The fraction of sp³-hybridized carbons (Fsp3) is 0.176. The first kappa shape index (κ1) is 15.5. The van der Waals surface area contributed by atoms with Gasteiger partial charge in [-0.05, 0) is 55.0 Å². The van der Waals surface area contributed by atoms with Crippen LogP contribution in [0, 0.1) is 0 Å². The van der Waals surface area contributed by atoms with Crippen LogP contribution in [-0.2, 0) is 0 Å². The molecule has 0 saturated heterocycles. The number of anilines is 1. The van der Waals surface area contributed by atoms with Gasteiger partial charge in [-0.1, -0.05) is 12.1 Å². The van der Waals surface area contributed by atoms with Crippen molar-refractivity contribution >= 4 is 34.1 Å². The van der Waals surface area contributed by atoms with Gasteiger partial charge in [-0.15, -0.1) is 0 Å². The molecule has 3 rings (SSSR count). The second kappa shape index (κ2) is 7.21. The molecular weight excluding hydrogens is 308 g/mol. The third-order valence-electron chi connectivity index (χ3n) is 3.43. The minimum Gasteiger partial charge on any atom is -0.396 e. The Hall–Kier alpha value is -2.44. The van der Waals surface area contributed by atoms with Crippen LogP contribution < -0.4 is 10.6 Å². The molecule has 2 aromatic carbocycles. The number of fused-ring (bicyclic) bond motifs is 1. The monoisotopic (exact) mass is 326 g/mol. The molecule has 3 aromatic rings. The van der Waals surface area contributed by atoms with E-state index in [4.69, 9.17) is 17.3 Å². The summed E-state index contributed by atoms with van der Waals surface area (Å²) in [5.41, 5.74) is 3.91. The second-order valence-electron chi connectivity index (χ2n) is 5.14. The van der Waals surface area contributed by atoms with E-state index in [0.29, 0.717) is 18.1 Å². The van der Waals surface area contributed by atoms with Crippen molar-refractivity contribution in [2.75, 3.05) is 18.5 Å². The Balaban J connectivity index is 1.68. The van der Waals surface area contributed by atoms with Crippen molar-refractivity contribution in [1.29, 1.82) is 0 Å². The molecule has 6 heteroatoms. The molecule has 4 N–H and O–H groups in total. The van der Waals surface area contributed by atoms with E-state index < -0.39 is 0 Å². The topological polar surface area (TPSA) is 73.0 Å². The third kappa shape index (κ3) is 3.85. The molecule has 0 aliphatic rings. The first-order valence-electron chi connectivity index (χ1n) is 7.47. The number of rotatable bonds is 5. The van der Waals surface area contributed by atoms with Crippen LogP contribution in [-0.4, -0.2) is 33.3 Å². The summed E-state index contributed by atoms with van der Waals surface area (Å²) >= 11 is 5.20. The van der Waals surface area contributed by atoms with E-state index in [-0.39, 0.29) is 6.61 Å². The standard InChI is InChI=1S/C17H18N4OS/c22-11-3-10-18-17(23)19-13-8-6-12(7-9-13)16-20-14-4-1-2-5-15(14)21-16/h1-2,4-9,22H,3,10-11H2,(H,20,21)(H2,18,19,23). The number of imidazole rings is 1. The van der Waals surface area contributed by atoms with Crippen LogP contribution in [0.3, 0.4) is 0 Å². The number of nitrogens with zero attached hydrogens (tertiary/aromatic N) is 1. The molecule has 1 aromatic heterocycles. The van der Waals surface area contributed by atoms with Gasteiger partial charge in [0.15, 0.2) is 5.11 Å². The lowest BCUT2D eigenvalue weighted by molar-refractivity contribution is 0.289. The van der Waals surface area contributed by atoms with Gasteiger partial charge in [-0.25, -0.2) is 4.98 Å². The summed E-state index contributed by atoms with van der Waals surface area (Å²) in [7, 11) is 0. The highest BCUT2D eigenvalue weighted by Crippen LogP contribution is 2.21. The lowest BCUT2D eigenvalue weighted by Gasteiger charge is -2.10. The number of para-hydroxylation sites is 2. The zero-order valence-electron chi connectivity index (χ0n) is 12.5. The highest BCUT2D eigenvalue weighted by atomic mass is 32.1. The van der Waals surface area contributed by atoms with Crippen LogP contribution in [0.25, 0.3) is 22.4 Å². The summed E-state index contributed by atoms with van der Waals surface area (Å²) in [4.78, 5) is 7.90. The minimum absolute atomic E-state index is 0.155. The lowest BCUT2D eigenvalue weighted by atomic mass is 10.2. The molecule has 0 atom stereocenters. The number of aromatic nitrogens is 2. The largest absolute Gasteiger partial charge is 0.396 e. The van der Waals surface area contributed by atoms with E-state index in [0.717, 1.165) is 28.1 Å². The summed E-state index contributed by atoms with van der Waals surface area (Å²) in [5, 5.41) is 15.5. The molecule has 1 heterocycles. The molecule has 0 aliphatic carbocycles. The SMILES string of the molecule is OCCCNC(=S)Nc1ccc(-c2nc3ccccc3[nH]2)cc1. The van der Waals surface area contributed by atoms with Gasteiger partial charge in [0.2, 0.25) is 0 Å². The summed E-state index contributed by atoms with van der Waals surface area (Å²) < 4.78 is 0. The Morgan fingerprint density at radius 1 is 1.13 bits per heavy atom. The number of aliphatic hydroxyl groups is 1. The molecule has 0 unspecified atom stereocenters. The Bertz CT molecular complexity index is 765.